The highest BCUT2D eigenvalue weighted by Gasteiger charge is 2.02. The Balaban J connectivity index is 2.45. The molecule has 17 heavy (non-hydrogen) atoms. The third-order valence-electron chi connectivity index (χ3n) is 2.13. The third kappa shape index (κ3) is 5.03. The molecule has 0 unspecified atom stereocenters. The van der Waals surface area contributed by atoms with Crippen LogP contribution in [0.5, 0.6) is 5.75 Å². The summed E-state index contributed by atoms with van der Waals surface area (Å²) in [5, 5.41) is 10.8. The van der Waals surface area contributed by atoms with Gasteiger partial charge in [0.2, 0.25) is 5.91 Å². The molecule has 4 heteroatoms. The first-order valence-corrected chi connectivity index (χ1v) is 5.61. The van der Waals surface area contributed by atoms with Gasteiger partial charge in [-0.15, -0.1) is 0 Å². The van der Waals surface area contributed by atoms with E-state index in [0.717, 1.165) is 17.7 Å². The number of rotatable bonds is 6. The van der Waals surface area contributed by atoms with Gasteiger partial charge < -0.3 is 10.1 Å². The van der Waals surface area contributed by atoms with Gasteiger partial charge in [-0.1, -0.05) is 19.1 Å². The maximum absolute atomic E-state index is 11.3. The van der Waals surface area contributed by atoms with E-state index in [2.05, 4.69) is 5.32 Å². The molecule has 4 nitrogen and oxygen atoms in total. The number of amides is 1. The number of hydrogen-bond acceptors (Lipinski definition) is 3. The van der Waals surface area contributed by atoms with E-state index < -0.39 is 0 Å². The van der Waals surface area contributed by atoms with Crippen LogP contribution in [0.1, 0.15) is 18.9 Å². The normalized spacial score (nSPS) is 9.41. The predicted molar refractivity (Wildman–Crippen MR) is 64.6 cm³/mol. The number of carbonyl (C=O) groups is 1. The number of benzene rings is 1. The summed E-state index contributed by atoms with van der Waals surface area (Å²) in [6.07, 6.45) is 1.26. The number of hydrogen-bond donors (Lipinski definition) is 1. The van der Waals surface area contributed by atoms with Gasteiger partial charge in [0.15, 0.2) is 0 Å². The van der Waals surface area contributed by atoms with Gasteiger partial charge in [-0.05, 0) is 24.1 Å². The molecule has 1 N–H and O–H groups in total. The molecule has 90 valence electrons. The third-order valence-corrected chi connectivity index (χ3v) is 2.13. The molecule has 1 rings (SSSR count). The lowest BCUT2D eigenvalue weighted by molar-refractivity contribution is -0.120. The van der Waals surface area contributed by atoms with Gasteiger partial charge in [0, 0.05) is 0 Å². The average Bonchev–Trinajstić information content (AvgIpc) is 2.35. The predicted octanol–water partition coefficient (Wildman–Crippen LogP) is 1.66. The van der Waals surface area contributed by atoms with E-state index in [1.807, 2.05) is 37.3 Å². The number of nitriles is 1. The second kappa shape index (κ2) is 7.29. The van der Waals surface area contributed by atoms with Crippen molar-refractivity contribution in [2.45, 2.75) is 19.8 Å². The van der Waals surface area contributed by atoms with Crippen LogP contribution < -0.4 is 10.1 Å². The molecular weight excluding hydrogens is 216 g/mol. The van der Waals surface area contributed by atoms with Crippen molar-refractivity contribution in [2.24, 2.45) is 0 Å². The molecule has 0 atom stereocenters. The summed E-state index contributed by atoms with van der Waals surface area (Å²) in [4.78, 5) is 11.3. The maximum Gasteiger partial charge on any atom is 0.225 e. The van der Waals surface area contributed by atoms with Crippen molar-refractivity contribution < 1.29 is 9.53 Å². The summed E-state index contributed by atoms with van der Waals surface area (Å²) >= 11 is 0. The smallest absolute Gasteiger partial charge is 0.225 e. The highest BCUT2D eigenvalue weighted by Crippen LogP contribution is 2.12. The topological polar surface area (TPSA) is 62.1 Å². The quantitative estimate of drug-likeness (QED) is 0.759. The van der Waals surface area contributed by atoms with Gasteiger partial charge in [-0.25, -0.2) is 0 Å². The summed E-state index contributed by atoms with van der Waals surface area (Å²) in [7, 11) is 0. The molecule has 1 amide bonds. The monoisotopic (exact) mass is 232 g/mol. The largest absolute Gasteiger partial charge is 0.494 e. The van der Waals surface area contributed by atoms with E-state index in [1.165, 1.54) is 0 Å². The van der Waals surface area contributed by atoms with Crippen molar-refractivity contribution in [2.75, 3.05) is 13.2 Å². The zero-order valence-electron chi connectivity index (χ0n) is 9.90. The Bertz CT molecular complexity index is 393. The van der Waals surface area contributed by atoms with Gasteiger partial charge in [-0.2, -0.15) is 5.26 Å². The van der Waals surface area contributed by atoms with Crippen LogP contribution in [0.15, 0.2) is 24.3 Å². The van der Waals surface area contributed by atoms with Crippen LogP contribution in [0.25, 0.3) is 0 Å². The molecule has 1 aromatic carbocycles. The van der Waals surface area contributed by atoms with E-state index in [4.69, 9.17) is 10.00 Å². The van der Waals surface area contributed by atoms with E-state index in [9.17, 15) is 4.79 Å². The van der Waals surface area contributed by atoms with Crippen LogP contribution in [0.2, 0.25) is 0 Å². The zero-order valence-corrected chi connectivity index (χ0v) is 9.90. The van der Waals surface area contributed by atoms with Crippen LogP contribution in [0.4, 0.5) is 0 Å². The van der Waals surface area contributed by atoms with Crippen LogP contribution in [0.3, 0.4) is 0 Å². The highest BCUT2D eigenvalue weighted by atomic mass is 16.5. The summed E-state index contributed by atoms with van der Waals surface area (Å²) in [5.74, 6) is 0.668. The van der Waals surface area contributed by atoms with Crippen molar-refractivity contribution in [3.05, 3.63) is 29.8 Å². The molecule has 0 aliphatic rings. The van der Waals surface area contributed by atoms with Gasteiger partial charge in [0.25, 0.3) is 0 Å². The van der Waals surface area contributed by atoms with Crippen molar-refractivity contribution >= 4 is 5.91 Å². The van der Waals surface area contributed by atoms with E-state index in [0.29, 0.717) is 6.61 Å². The number of nitrogens with one attached hydrogen (secondary N) is 1. The number of ether oxygens (including phenoxy) is 1. The molecule has 0 aliphatic heterocycles. The lowest BCUT2D eigenvalue weighted by Crippen LogP contribution is -2.25. The Morgan fingerprint density at radius 3 is 2.71 bits per heavy atom. The molecule has 0 bridgehead atoms. The van der Waals surface area contributed by atoms with E-state index in [1.54, 1.807) is 0 Å². The van der Waals surface area contributed by atoms with Crippen LogP contribution >= 0.6 is 0 Å². The summed E-state index contributed by atoms with van der Waals surface area (Å²) < 4.78 is 5.44. The zero-order chi connectivity index (χ0) is 12.5. The second-order valence-electron chi connectivity index (χ2n) is 3.60. The van der Waals surface area contributed by atoms with E-state index >= 15 is 0 Å². The number of carbonyl (C=O) groups excluding carboxylic acids is 1. The highest BCUT2D eigenvalue weighted by molar-refractivity contribution is 5.78. The van der Waals surface area contributed by atoms with Crippen LogP contribution in [-0.2, 0) is 11.2 Å². The molecule has 1 aromatic rings. The molecule has 0 aromatic heterocycles. The SMILES string of the molecule is CCCOc1ccc(CC(=O)NCC#N)cc1. The summed E-state index contributed by atoms with van der Waals surface area (Å²) in [6, 6.07) is 9.28. The Morgan fingerprint density at radius 2 is 2.12 bits per heavy atom. The Labute approximate surface area is 101 Å². The molecular formula is C13H16N2O2. The molecule has 0 saturated carbocycles. The molecule has 0 fully saturated rings. The van der Waals surface area contributed by atoms with Crippen molar-refractivity contribution in [3.63, 3.8) is 0 Å². The summed E-state index contributed by atoms with van der Waals surface area (Å²) in [6.45, 7) is 2.80. The first-order valence-electron chi connectivity index (χ1n) is 5.61. The molecule has 0 spiro atoms. The lowest BCUT2D eigenvalue weighted by Gasteiger charge is -2.05. The minimum absolute atomic E-state index is 0.0521. The fourth-order valence-corrected chi connectivity index (χ4v) is 1.31. The van der Waals surface area contributed by atoms with Crippen LogP contribution in [0, 0.1) is 11.3 Å². The van der Waals surface area contributed by atoms with Gasteiger partial charge >= 0.3 is 0 Å². The lowest BCUT2D eigenvalue weighted by atomic mass is 10.1. The average molecular weight is 232 g/mol. The van der Waals surface area contributed by atoms with Gasteiger partial charge in [0.1, 0.15) is 12.3 Å². The second-order valence-corrected chi connectivity index (χ2v) is 3.60. The van der Waals surface area contributed by atoms with Gasteiger partial charge in [0.05, 0.1) is 19.1 Å². The first kappa shape index (κ1) is 13.0. The molecule has 0 aliphatic carbocycles. The maximum atomic E-state index is 11.3. The standard InChI is InChI=1S/C13H16N2O2/c1-2-9-17-12-5-3-11(4-6-12)10-13(16)15-8-7-14/h3-6H,2,8-10H2,1H3,(H,15,16). The van der Waals surface area contributed by atoms with Crippen molar-refractivity contribution in [1.82, 2.24) is 5.32 Å². The number of nitrogens with zero attached hydrogens (tertiary/aromatic N) is 1. The first-order chi connectivity index (χ1) is 8.26. The van der Waals surface area contributed by atoms with Crippen molar-refractivity contribution in [1.29, 1.82) is 5.26 Å². The van der Waals surface area contributed by atoms with Crippen LogP contribution in [-0.4, -0.2) is 19.1 Å². The Hall–Kier alpha value is -2.02. The summed E-state index contributed by atoms with van der Waals surface area (Å²) in [5.41, 5.74) is 0.907. The molecule has 0 heterocycles. The Morgan fingerprint density at radius 1 is 1.41 bits per heavy atom. The fourth-order valence-electron chi connectivity index (χ4n) is 1.31. The minimum Gasteiger partial charge on any atom is -0.494 e. The Kier molecular flexibility index (Phi) is 5.59. The van der Waals surface area contributed by atoms with E-state index in [-0.39, 0.29) is 18.9 Å². The van der Waals surface area contributed by atoms with Crippen molar-refractivity contribution in [3.8, 4) is 11.8 Å². The molecule has 0 radical (unpaired) electrons. The van der Waals surface area contributed by atoms with Gasteiger partial charge in [-0.3, -0.25) is 4.79 Å². The fraction of sp³-hybridized carbons (Fsp3) is 0.385. The molecule has 0 saturated heterocycles. The minimum atomic E-state index is -0.145.